The van der Waals surface area contributed by atoms with Crippen LogP contribution < -0.4 is 9.46 Å². The van der Waals surface area contributed by atoms with Crippen LogP contribution in [-0.4, -0.2) is 73.9 Å². The lowest BCUT2D eigenvalue weighted by Crippen LogP contribution is -2.50. The highest BCUT2D eigenvalue weighted by atomic mass is 32.3. The van der Waals surface area contributed by atoms with E-state index in [0.717, 1.165) is 4.90 Å². The van der Waals surface area contributed by atoms with Crippen molar-refractivity contribution in [2.45, 2.75) is 30.0 Å². The number of fused-ring (bicyclic) bond motifs is 2. The summed E-state index contributed by atoms with van der Waals surface area (Å²) in [7, 11) is -7.66. The van der Waals surface area contributed by atoms with Crippen LogP contribution in [0, 0.1) is 5.41 Å². The van der Waals surface area contributed by atoms with Crippen LogP contribution in [0.15, 0.2) is 23.4 Å². The number of carbonyl (C=O) groups is 1. The fourth-order valence-electron chi connectivity index (χ4n) is 3.04. The molecule has 1 aromatic heterocycles. The molecule has 3 rings (SSSR count). The highest BCUT2D eigenvalue weighted by Gasteiger charge is 2.48. The van der Waals surface area contributed by atoms with Crippen LogP contribution in [0.1, 0.15) is 12.8 Å². The van der Waals surface area contributed by atoms with Gasteiger partial charge in [-0.05, 0) is 25.0 Å². The van der Waals surface area contributed by atoms with E-state index in [1.54, 1.807) is 0 Å². The van der Waals surface area contributed by atoms with Gasteiger partial charge in [0.25, 0.3) is 10.0 Å². The van der Waals surface area contributed by atoms with Gasteiger partial charge in [-0.1, -0.05) is 0 Å². The lowest BCUT2D eigenvalue weighted by Gasteiger charge is -2.30. The molecule has 2 aliphatic rings. The minimum absolute atomic E-state index is 0.0178. The number of rotatable bonds is 6. The second kappa shape index (κ2) is 7.16. The zero-order chi connectivity index (χ0) is 20.7. The Balaban J connectivity index is 1.74. The molecule has 3 heterocycles. The van der Waals surface area contributed by atoms with Crippen molar-refractivity contribution in [2.24, 2.45) is 0 Å². The van der Waals surface area contributed by atoms with Crippen molar-refractivity contribution in [1.82, 2.24) is 19.7 Å². The molecular weight excluding hydrogens is 418 g/mol. The van der Waals surface area contributed by atoms with Crippen LogP contribution in [0.3, 0.4) is 0 Å². The third-order valence-electron chi connectivity index (χ3n) is 4.30. The molecule has 1 aromatic rings. The number of piperidine rings is 1. The van der Waals surface area contributed by atoms with Crippen LogP contribution in [0.2, 0.25) is 0 Å². The first-order valence-corrected chi connectivity index (χ1v) is 10.7. The topological polar surface area (TPSA) is 179 Å². The standard InChI is InChI=1S/C13H17N5O8S2/c1-25-9-3-5-11(15-6-9)27(20,21)16-12(14)10-4-2-8-7-17(10)13(19)18(8)26-28(22,23)24/h3,5-6,8,10H,2,4,7H2,1H3,(H2,14,16)(H,22,23,24)/t8-,10+/m1/s1. The van der Waals surface area contributed by atoms with E-state index in [4.69, 9.17) is 14.7 Å². The van der Waals surface area contributed by atoms with Crippen LogP contribution in [0.25, 0.3) is 0 Å². The summed E-state index contributed by atoms with van der Waals surface area (Å²) in [5.41, 5.74) is 0. The lowest BCUT2D eigenvalue weighted by atomic mass is 10.0. The van der Waals surface area contributed by atoms with Gasteiger partial charge in [0.1, 0.15) is 11.6 Å². The summed E-state index contributed by atoms with van der Waals surface area (Å²) in [6.45, 7) is 0.0178. The van der Waals surface area contributed by atoms with E-state index in [1.807, 2.05) is 0 Å². The molecule has 0 unspecified atom stereocenters. The summed E-state index contributed by atoms with van der Waals surface area (Å²) in [6.07, 6.45) is 1.64. The van der Waals surface area contributed by atoms with Gasteiger partial charge in [-0.15, -0.1) is 4.28 Å². The minimum atomic E-state index is -4.89. The second-order valence-corrected chi connectivity index (χ2v) is 8.70. The fourth-order valence-corrected chi connectivity index (χ4v) is 4.40. The lowest BCUT2D eigenvalue weighted by molar-refractivity contribution is -0.0316. The normalized spacial score (nSPS) is 22.3. The summed E-state index contributed by atoms with van der Waals surface area (Å²) in [5.74, 6) is -0.118. The number of ether oxygens (including phenoxy) is 1. The van der Waals surface area contributed by atoms with Crippen LogP contribution in [0.5, 0.6) is 5.75 Å². The van der Waals surface area contributed by atoms with Gasteiger partial charge in [0.2, 0.25) is 0 Å². The Kier molecular flexibility index (Phi) is 5.18. The number of hydrogen-bond donors (Lipinski definition) is 3. The van der Waals surface area contributed by atoms with Gasteiger partial charge in [-0.2, -0.15) is 21.9 Å². The van der Waals surface area contributed by atoms with E-state index >= 15 is 0 Å². The maximum absolute atomic E-state index is 12.4. The second-order valence-electron chi connectivity index (χ2n) is 6.07. The monoisotopic (exact) mass is 435 g/mol. The van der Waals surface area contributed by atoms with Crippen molar-refractivity contribution in [3.8, 4) is 5.75 Å². The first-order valence-electron chi connectivity index (χ1n) is 7.90. The maximum Gasteiger partial charge on any atom is 0.418 e. The number of amidine groups is 1. The number of amides is 2. The minimum Gasteiger partial charge on any atom is -0.495 e. The number of hydroxylamine groups is 2. The molecule has 2 aliphatic heterocycles. The van der Waals surface area contributed by atoms with Gasteiger partial charge in [0.15, 0.2) is 5.03 Å². The van der Waals surface area contributed by atoms with Crippen molar-refractivity contribution in [3.63, 3.8) is 0 Å². The van der Waals surface area contributed by atoms with Crippen molar-refractivity contribution >= 4 is 32.3 Å². The third kappa shape index (κ3) is 4.01. The molecule has 3 N–H and O–H groups in total. The Morgan fingerprint density at radius 2 is 2.04 bits per heavy atom. The summed E-state index contributed by atoms with van der Waals surface area (Å²) < 4.78 is 66.7. The Bertz CT molecular complexity index is 994. The number of pyridine rings is 1. The zero-order valence-corrected chi connectivity index (χ0v) is 16.1. The third-order valence-corrected chi connectivity index (χ3v) is 5.92. The van der Waals surface area contributed by atoms with E-state index in [-0.39, 0.29) is 24.4 Å². The van der Waals surface area contributed by atoms with E-state index in [2.05, 4.69) is 14.0 Å². The molecule has 2 bridgehead atoms. The number of urea groups is 1. The number of aromatic nitrogens is 1. The molecule has 0 spiro atoms. The molecule has 0 radical (unpaired) electrons. The van der Waals surface area contributed by atoms with Gasteiger partial charge < -0.3 is 9.64 Å². The van der Waals surface area contributed by atoms with Crippen molar-refractivity contribution < 1.29 is 35.2 Å². The van der Waals surface area contributed by atoms with E-state index < -0.39 is 44.4 Å². The van der Waals surface area contributed by atoms with Crippen molar-refractivity contribution in [1.29, 1.82) is 5.41 Å². The Morgan fingerprint density at radius 1 is 1.32 bits per heavy atom. The molecule has 0 aromatic carbocycles. The van der Waals surface area contributed by atoms with Gasteiger partial charge in [0.05, 0.1) is 25.4 Å². The molecule has 28 heavy (non-hydrogen) atoms. The number of carbonyl (C=O) groups excluding carboxylic acids is 1. The molecule has 2 fully saturated rings. The molecule has 15 heteroatoms. The highest BCUT2D eigenvalue weighted by molar-refractivity contribution is 7.90. The summed E-state index contributed by atoms with van der Waals surface area (Å²) in [5, 5.41) is 8.27. The number of nitrogens with zero attached hydrogens (tertiary/aromatic N) is 3. The number of hydrogen-bond acceptors (Lipinski definition) is 9. The zero-order valence-electron chi connectivity index (χ0n) is 14.5. The van der Waals surface area contributed by atoms with Crippen LogP contribution in [-0.2, 0) is 24.7 Å². The quantitative estimate of drug-likeness (QED) is 0.297. The van der Waals surface area contributed by atoms with Gasteiger partial charge in [-0.25, -0.2) is 9.78 Å². The molecule has 2 atom stereocenters. The Morgan fingerprint density at radius 3 is 2.61 bits per heavy atom. The smallest absolute Gasteiger partial charge is 0.418 e. The van der Waals surface area contributed by atoms with Crippen LogP contribution >= 0.6 is 0 Å². The van der Waals surface area contributed by atoms with E-state index in [9.17, 15) is 21.6 Å². The summed E-state index contributed by atoms with van der Waals surface area (Å²) in [6, 6.07) is 0.126. The Labute approximate surface area is 160 Å². The van der Waals surface area contributed by atoms with E-state index in [1.165, 1.54) is 25.4 Å². The fraction of sp³-hybridized carbons (Fsp3) is 0.462. The molecule has 2 amide bonds. The van der Waals surface area contributed by atoms with Gasteiger partial charge in [-0.3, -0.25) is 14.7 Å². The summed E-state index contributed by atoms with van der Waals surface area (Å²) in [4.78, 5) is 17.2. The van der Waals surface area contributed by atoms with Crippen molar-refractivity contribution in [2.75, 3.05) is 13.7 Å². The molecular formula is C13H17N5O8S2. The predicted molar refractivity (Wildman–Crippen MR) is 92.2 cm³/mol. The maximum atomic E-state index is 12.4. The first-order chi connectivity index (χ1) is 13.0. The average Bonchev–Trinajstić information content (AvgIpc) is 2.85. The molecule has 0 saturated carbocycles. The largest absolute Gasteiger partial charge is 0.495 e. The molecule has 0 aliphatic carbocycles. The van der Waals surface area contributed by atoms with E-state index in [0.29, 0.717) is 10.8 Å². The number of nitrogens with one attached hydrogen (secondary N) is 2. The Hall–Kier alpha value is -2.49. The molecule has 154 valence electrons. The van der Waals surface area contributed by atoms with Crippen molar-refractivity contribution in [3.05, 3.63) is 18.3 Å². The highest BCUT2D eigenvalue weighted by Crippen LogP contribution is 2.31. The number of methoxy groups -OCH3 is 1. The van der Waals surface area contributed by atoms with Gasteiger partial charge >= 0.3 is 16.4 Å². The van der Waals surface area contributed by atoms with Gasteiger partial charge in [0, 0.05) is 6.54 Å². The summed E-state index contributed by atoms with van der Waals surface area (Å²) >= 11 is 0. The molecule has 13 nitrogen and oxygen atoms in total. The molecule has 2 saturated heterocycles. The predicted octanol–water partition coefficient (Wildman–Crippen LogP) is -0.651. The average molecular weight is 435 g/mol. The number of sulfonamides is 1. The first kappa shape index (κ1) is 20.2. The van der Waals surface area contributed by atoms with Crippen LogP contribution in [0.4, 0.5) is 4.79 Å². The SMILES string of the molecule is COc1ccc(S(=O)(=O)NC(=N)[C@@H]2CC[C@@H]3CN2C(=O)N3OS(=O)(=O)O)nc1.